The third-order valence-electron chi connectivity index (χ3n) is 13.9. The second-order valence-corrected chi connectivity index (χ2v) is 19.0. The number of likely N-dealkylation sites (tertiary alicyclic amines) is 4. The summed E-state index contributed by atoms with van der Waals surface area (Å²) in [4.78, 5) is 52.9. The summed E-state index contributed by atoms with van der Waals surface area (Å²) >= 11 is 11.7. The molecule has 0 atom stereocenters. The molecule has 65 heavy (non-hydrogen) atoms. The predicted octanol–water partition coefficient (Wildman–Crippen LogP) is 10.0. The van der Waals surface area contributed by atoms with Crippen molar-refractivity contribution in [2.24, 2.45) is 0 Å². The van der Waals surface area contributed by atoms with Gasteiger partial charge in [-0.25, -0.2) is 19.9 Å². The van der Waals surface area contributed by atoms with Gasteiger partial charge in [-0.1, -0.05) is 54.2 Å². The van der Waals surface area contributed by atoms with E-state index in [1.807, 2.05) is 35.8 Å². The molecule has 0 aliphatic carbocycles. The average Bonchev–Trinajstić information content (AvgIpc) is 3.33. The van der Waals surface area contributed by atoms with Crippen LogP contribution in [0.1, 0.15) is 131 Å². The molecule has 4 fully saturated rings. The highest BCUT2D eigenvalue weighted by atomic mass is 35.5. The van der Waals surface area contributed by atoms with Gasteiger partial charge in [0.2, 0.25) is 0 Å². The number of nitrogens with zero attached hydrogens (tertiary/aromatic N) is 8. The molecule has 2 aromatic heterocycles. The molecule has 6 heterocycles. The number of carbonyl (C=O) groups is 2. The Hall–Kier alpha value is -4.17. The Morgan fingerprint density at radius 2 is 1.05 bits per heavy atom. The van der Waals surface area contributed by atoms with E-state index in [2.05, 4.69) is 41.9 Å². The zero-order valence-electron chi connectivity index (χ0n) is 37.9. The summed E-state index contributed by atoms with van der Waals surface area (Å²) in [5.74, 6) is -0.0277. The Morgan fingerprint density at radius 3 is 1.52 bits per heavy atom. The van der Waals surface area contributed by atoms with E-state index < -0.39 is 11.7 Å². The fourth-order valence-corrected chi connectivity index (χ4v) is 10.3. The van der Waals surface area contributed by atoms with Crippen LogP contribution in [0, 0.1) is 13.8 Å². The van der Waals surface area contributed by atoms with Gasteiger partial charge in [0, 0.05) is 65.8 Å². The molecular formula is C50H63Cl2F3N8O2. The van der Waals surface area contributed by atoms with Gasteiger partial charge in [-0.05, 0) is 159 Å². The van der Waals surface area contributed by atoms with Gasteiger partial charge in [-0.3, -0.25) is 9.59 Å². The molecule has 0 saturated carbocycles. The monoisotopic (exact) mass is 934 g/mol. The van der Waals surface area contributed by atoms with Crippen molar-refractivity contribution in [2.45, 2.75) is 128 Å². The first-order valence-corrected chi connectivity index (χ1v) is 24.4. The van der Waals surface area contributed by atoms with Crippen molar-refractivity contribution in [3.8, 4) is 0 Å². The SMILES string of the molecule is Cc1c(CCCc2ccc(Cl)cc2)ncnc1C(=O)N1CCC(N2CCCCC2)CC1.Cc1c(CCc2ccc(Cl)c(C(F)(F)F)c2)ncnc1C(=O)N1CCC(N2CCCCC2)CC1. The summed E-state index contributed by atoms with van der Waals surface area (Å²) in [5.41, 5.74) is 5.18. The molecule has 0 radical (unpaired) electrons. The molecule has 350 valence electrons. The lowest BCUT2D eigenvalue weighted by molar-refractivity contribution is -0.137. The van der Waals surface area contributed by atoms with Gasteiger partial charge in [0.05, 0.1) is 10.6 Å². The number of hydrogen-bond donors (Lipinski definition) is 0. The molecule has 2 amide bonds. The minimum atomic E-state index is -4.50. The quantitative estimate of drug-likeness (QED) is 0.147. The highest BCUT2D eigenvalue weighted by molar-refractivity contribution is 6.31. The van der Waals surface area contributed by atoms with Gasteiger partial charge in [-0.15, -0.1) is 0 Å². The minimum Gasteiger partial charge on any atom is -0.337 e. The Morgan fingerprint density at radius 1 is 0.585 bits per heavy atom. The van der Waals surface area contributed by atoms with Crippen molar-refractivity contribution in [3.63, 3.8) is 0 Å². The van der Waals surface area contributed by atoms with Gasteiger partial charge in [0.15, 0.2) is 0 Å². The van der Waals surface area contributed by atoms with Crippen LogP contribution in [0.15, 0.2) is 55.1 Å². The largest absolute Gasteiger partial charge is 0.417 e. The van der Waals surface area contributed by atoms with Crippen LogP contribution in [0.25, 0.3) is 0 Å². The minimum absolute atomic E-state index is 0.0657. The lowest BCUT2D eigenvalue weighted by Crippen LogP contribution is -2.48. The topological polar surface area (TPSA) is 98.7 Å². The molecule has 0 unspecified atom stereocenters. The Balaban J connectivity index is 0.000000195. The molecule has 4 aliphatic heterocycles. The lowest BCUT2D eigenvalue weighted by atomic mass is 9.99. The molecule has 8 rings (SSSR count). The fourth-order valence-electron chi connectivity index (χ4n) is 9.96. The maximum Gasteiger partial charge on any atom is 0.417 e. The van der Waals surface area contributed by atoms with Crippen molar-refractivity contribution in [2.75, 3.05) is 52.4 Å². The molecule has 4 saturated heterocycles. The number of piperidine rings is 4. The van der Waals surface area contributed by atoms with Gasteiger partial charge >= 0.3 is 6.18 Å². The van der Waals surface area contributed by atoms with E-state index in [0.29, 0.717) is 66.2 Å². The van der Waals surface area contributed by atoms with Crippen LogP contribution in [0.3, 0.4) is 0 Å². The number of halogens is 5. The van der Waals surface area contributed by atoms with Crippen LogP contribution in [0.2, 0.25) is 10.0 Å². The van der Waals surface area contributed by atoms with E-state index in [0.717, 1.165) is 93.5 Å². The molecule has 0 spiro atoms. The highest BCUT2D eigenvalue weighted by Crippen LogP contribution is 2.35. The molecule has 4 aliphatic rings. The Kier molecular flexibility index (Phi) is 17.3. The third-order valence-corrected chi connectivity index (χ3v) is 14.5. The first-order valence-electron chi connectivity index (χ1n) is 23.6. The summed E-state index contributed by atoms with van der Waals surface area (Å²) in [7, 11) is 0. The lowest BCUT2D eigenvalue weighted by Gasteiger charge is -2.40. The van der Waals surface area contributed by atoms with Crippen molar-refractivity contribution in [1.29, 1.82) is 0 Å². The molecule has 2 aromatic carbocycles. The van der Waals surface area contributed by atoms with E-state index in [-0.39, 0.29) is 16.8 Å². The van der Waals surface area contributed by atoms with E-state index in [1.54, 1.807) is 12.4 Å². The fraction of sp³-hybridized carbons (Fsp3) is 0.560. The van der Waals surface area contributed by atoms with Crippen LogP contribution in [0.5, 0.6) is 0 Å². The highest BCUT2D eigenvalue weighted by Gasteiger charge is 2.34. The van der Waals surface area contributed by atoms with Crippen LogP contribution in [0.4, 0.5) is 13.2 Å². The standard InChI is InChI=1S/C25H30ClF3N4O.C25H33ClN4O/c1-17-22(8-6-18-5-7-21(26)20(15-18)25(27,28)29)30-16-31-23(17)24(34)33-13-9-19(10-14-33)32-11-3-2-4-12-32;1-19-23(7-5-6-20-8-10-21(26)11-9-20)27-18-28-24(19)25(31)30-16-12-22(13-17-30)29-14-3-2-4-15-29/h5,7,15-16,19H,2-4,6,8-14H2,1H3;8-11,18,22H,2-7,12-17H2,1H3. The molecule has 4 aromatic rings. The molecule has 10 nitrogen and oxygen atoms in total. The maximum absolute atomic E-state index is 13.2. The van der Waals surface area contributed by atoms with Gasteiger partial charge in [0.25, 0.3) is 11.8 Å². The normalized spacial score (nSPS) is 18.3. The number of aromatic nitrogens is 4. The molecule has 15 heteroatoms. The van der Waals surface area contributed by atoms with E-state index in [9.17, 15) is 22.8 Å². The van der Waals surface area contributed by atoms with Crippen molar-refractivity contribution >= 4 is 35.0 Å². The third kappa shape index (κ3) is 13.0. The van der Waals surface area contributed by atoms with Crippen molar-refractivity contribution in [3.05, 3.63) is 116 Å². The number of aryl methyl sites for hydroxylation is 4. The van der Waals surface area contributed by atoms with E-state index >= 15 is 0 Å². The first kappa shape index (κ1) is 48.8. The molecule has 0 bridgehead atoms. The first-order chi connectivity index (χ1) is 31.4. The van der Waals surface area contributed by atoms with Gasteiger partial charge < -0.3 is 19.6 Å². The molecule has 0 N–H and O–H groups in total. The number of benzene rings is 2. The van der Waals surface area contributed by atoms with Crippen LogP contribution in [-0.2, 0) is 31.9 Å². The van der Waals surface area contributed by atoms with Crippen LogP contribution < -0.4 is 0 Å². The Bertz CT molecular complexity index is 2200. The maximum atomic E-state index is 13.2. The van der Waals surface area contributed by atoms with E-state index in [4.69, 9.17) is 23.2 Å². The second-order valence-electron chi connectivity index (χ2n) is 18.1. The number of amides is 2. The Labute approximate surface area is 392 Å². The molecular weight excluding hydrogens is 873 g/mol. The summed E-state index contributed by atoms with van der Waals surface area (Å²) in [6.45, 7) is 11.7. The summed E-state index contributed by atoms with van der Waals surface area (Å²) < 4.78 is 39.5. The van der Waals surface area contributed by atoms with Crippen LogP contribution in [-0.4, -0.2) is 116 Å². The zero-order valence-corrected chi connectivity index (χ0v) is 39.4. The summed E-state index contributed by atoms with van der Waals surface area (Å²) in [5, 5.41) is 0.449. The van der Waals surface area contributed by atoms with Crippen molar-refractivity contribution in [1.82, 2.24) is 39.5 Å². The predicted molar refractivity (Wildman–Crippen MR) is 250 cm³/mol. The average molecular weight is 936 g/mol. The number of hydrogen-bond acceptors (Lipinski definition) is 8. The smallest absolute Gasteiger partial charge is 0.337 e. The number of rotatable bonds is 11. The van der Waals surface area contributed by atoms with Crippen molar-refractivity contribution < 1.29 is 22.8 Å². The van der Waals surface area contributed by atoms with Crippen LogP contribution >= 0.6 is 23.2 Å². The summed E-state index contributed by atoms with van der Waals surface area (Å²) in [6, 6.07) is 13.1. The second kappa shape index (κ2) is 23.0. The van der Waals surface area contributed by atoms with Gasteiger partial charge in [-0.2, -0.15) is 13.2 Å². The zero-order chi connectivity index (χ0) is 45.9. The number of carbonyl (C=O) groups excluding carboxylic acids is 2. The summed E-state index contributed by atoms with van der Waals surface area (Å²) in [6.07, 6.45) is 13.9. The van der Waals surface area contributed by atoms with E-state index in [1.165, 1.54) is 69.6 Å². The van der Waals surface area contributed by atoms with Gasteiger partial charge in [0.1, 0.15) is 24.0 Å². The number of alkyl halides is 3.